The lowest BCUT2D eigenvalue weighted by Gasteiger charge is -1.98. The predicted molar refractivity (Wildman–Crippen MR) is 47.1 cm³/mol. The minimum atomic E-state index is 0.816. The van der Waals surface area contributed by atoms with Gasteiger partial charge in [0.15, 0.2) is 0 Å². The number of allylic oxidation sites excluding steroid dienone is 1. The highest BCUT2D eigenvalue weighted by Gasteiger charge is 1.92. The molecule has 0 saturated carbocycles. The van der Waals surface area contributed by atoms with Gasteiger partial charge in [-0.05, 0) is 23.3 Å². The van der Waals surface area contributed by atoms with Crippen molar-refractivity contribution in [3.8, 4) is 0 Å². The molecule has 0 saturated heterocycles. The van der Waals surface area contributed by atoms with Gasteiger partial charge in [-0.2, -0.15) is 0 Å². The molecule has 0 fully saturated rings. The summed E-state index contributed by atoms with van der Waals surface area (Å²) < 4.78 is 0. The molecule has 1 aromatic heterocycles. The van der Waals surface area contributed by atoms with Gasteiger partial charge in [0.1, 0.15) is 0 Å². The fourth-order valence-corrected chi connectivity index (χ4v) is 0.989. The summed E-state index contributed by atoms with van der Waals surface area (Å²) in [6, 6.07) is 3.90. The van der Waals surface area contributed by atoms with Crippen molar-refractivity contribution in [2.75, 3.05) is 5.33 Å². The van der Waals surface area contributed by atoms with Crippen LogP contribution in [0.25, 0.3) is 5.57 Å². The topological polar surface area (TPSA) is 12.9 Å². The van der Waals surface area contributed by atoms with Crippen LogP contribution in [0.2, 0.25) is 0 Å². The molecule has 0 spiro atoms. The van der Waals surface area contributed by atoms with Crippen LogP contribution in [-0.4, -0.2) is 10.3 Å². The summed E-state index contributed by atoms with van der Waals surface area (Å²) in [6.07, 6.45) is 3.53. The molecule has 0 amide bonds. The van der Waals surface area contributed by atoms with Gasteiger partial charge in [0.2, 0.25) is 0 Å². The van der Waals surface area contributed by atoms with Crippen LogP contribution in [0.3, 0.4) is 0 Å². The lowest BCUT2D eigenvalue weighted by Crippen LogP contribution is -1.82. The van der Waals surface area contributed by atoms with Gasteiger partial charge in [-0.1, -0.05) is 22.5 Å². The zero-order chi connectivity index (χ0) is 7.40. The van der Waals surface area contributed by atoms with Crippen molar-refractivity contribution in [3.05, 3.63) is 36.7 Å². The Labute approximate surface area is 68.9 Å². The highest BCUT2D eigenvalue weighted by atomic mass is 79.9. The fourth-order valence-electron chi connectivity index (χ4n) is 0.665. The molecule has 2 heteroatoms. The monoisotopic (exact) mass is 197 g/mol. The van der Waals surface area contributed by atoms with E-state index in [1.165, 1.54) is 0 Å². The summed E-state index contributed by atoms with van der Waals surface area (Å²) in [6.45, 7) is 3.87. The van der Waals surface area contributed by atoms with Crippen molar-refractivity contribution < 1.29 is 0 Å². The highest BCUT2D eigenvalue weighted by molar-refractivity contribution is 9.09. The summed E-state index contributed by atoms with van der Waals surface area (Å²) in [5.41, 5.74) is 2.23. The van der Waals surface area contributed by atoms with E-state index in [1.807, 2.05) is 12.1 Å². The molecule has 0 N–H and O–H groups in total. The number of pyridine rings is 1. The van der Waals surface area contributed by atoms with Crippen LogP contribution in [0.15, 0.2) is 31.1 Å². The molecule has 0 unspecified atom stereocenters. The van der Waals surface area contributed by atoms with Crippen LogP contribution in [0, 0.1) is 0 Å². The van der Waals surface area contributed by atoms with E-state index in [4.69, 9.17) is 0 Å². The zero-order valence-corrected chi connectivity index (χ0v) is 7.13. The van der Waals surface area contributed by atoms with Crippen LogP contribution in [0.4, 0.5) is 0 Å². The summed E-state index contributed by atoms with van der Waals surface area (Å²) in [5, 5.41) is 0.816. The second-order valence-corrected chi connectivity index (χ2v) is 2.53. The summed E-state index contributed by atoms with van der Waals surface area (Å²) in [5.74, 6) is 0. The Bertz CT molecular complexity index is 218. The number of rotatable bonds is 2. The molecule has 0 radical (unpaired) electrons. The summed E-state index contributed by atoms with van der Waals surface area (Å²) in [7, 11) is 0. The first-order chi connectivity index (χ1) is 4.84. The molecule has 0 aliphatic heterocycles. The Morgan fingerprint density at radius 3 is 2.60 bits per heavy atom. The second kappa shape index (κ2) is 3.52. The average molecular weight is 198 g/mol. The molecule has 0 bridgehead atoms. The third kappa shape index (κ3) is 1.67. The zero-order valence-electron chi connectivity index (χ0n) is 5.55. The van der Waals surface area contributed by atoms with Gasteiger partial charge >= 0.3 is 0 Å². The quantitative estimate of drug-likeness (QED) is 0.665. The van der Waals surface area contributed by atoms with E-state index in [0.29, 0.717) is 0 Å². The third-order valence-electron chi connectivity index (χ3n) is 1.25. The lowest BCUT2D eigenvalue weighted by atomic mass is 10.1. The third-order valence-corrected chi connectivity index (χ3v) is 1.93. The van der Waals surface area contributed by atoms with Crippen molar-refractivity contribution >= 4 is 21.5 Å². The normalized spacial score (nSPS) is 9.30. The van der Waals surface area contributed by atoms with Gasteiger partial charge < -0.3 is 0 Å². The molecule has 1 nitrogen and oxygen atoms in total. The highest BCUT2D eigenvalue weighted by Crippen LogP contribution is 2.12. The van der Waals surface area contributed by atoms with Gasteiger partial charge in [0.25, 0.3) is 0 Å². The van der Waals surface area contributed by atoms with Gasteiger partial charge in [-0.3, -0.25) is 4.98 Å². The summed E-state index contributed by atoms with van der Waals surface area (Å²) >= 11 is 3.33. The minimum Gasteiger partial charge on any atom is -0.265 e. The van der Waals surface area contributed by atoms with Gasteiger partial charge in [-0.15, -0.1) is 0 Å². The molecule has 0 atom stereocenters. The number of aromatic nitrogens is 1. The minimum absolute atomic E-state index is 0.816. The van der Waals surface area contributed by atoms with Crippen LogP contribution in [0.1, 0.15) is 5.56 Å². The first-order valence-electron chi connectivity index (χ1n) is 2.98. The molecule has 0 aliphatic rings. The van der Waals surface area contributed by atoms with E-state index >= 15 is 0 Å². The summed E-state index contributed by atoms with van der Waals surface area (Å²) in [4.78, 5) is 3.91. The molecule has 1 rings (SSSR count). The van der Waals surface area contributed by atoms with E-state index in [1.54, 1.807) is 12.4 Å². The molecular weight excluding hydrogens is 190 g/mol. The molecule has 0 aliphatic carbocycles. The Kier molecular flexibility index (Phi) is 2.63. The number of alkyl halides is 1. The average Bonchev–Trinajstić information content (AvgIpc) is 2.05. The van der Waals surface area contributed by atoms with Crippen molar-refractivity contribution in [2.24, 2.45) is 0 Å². The molecule has 1 aromatic rings. The molecular formula is C8H8BrN. The largest absolute Gasteiger partial charge is 0.265 e. The van der Waals surface area contributed by atoms with E-state index in [-0.39, 0.29) is 0 Å². The van der Waals surface area contributed by atoms with Crippen molar-refractivity contribution in [1.82, 2.24) is 4.98 Å². The predicted octanol–water partition coefficient (Wildman–Crippen LogP) is 2.49. The van der Waals surface area contributed by atoms with E-state index in [9.17, 15) is 0 Å². The standard InChI is InChI=1S/C8H8BrN/c1-7(6-9)8-2-4-10-5-3-8/h2-5H,1,6H2. The fraction of sp³-hybridized carbons (Fsp3) is 0.125. The van der Waals surface area contributed by atoms with E-state index < -0.39 is 0 Å². The van der Waals surface area contributed by atoms with Crippen molar-refractivity contribution in [1.29, 1.82) is 0 Å². The van der Waals surface area contributed by atoms with Crippen LogP contribution in [-0.2, 0) is 0 Å². The number of nitrogens with zero attached hydrogens (tertiary/aromatic N) is 1. The first-order valence-corrected chi connectivity index (χ1v) is 4.11. The Morgan fingerprint density at radius 2 is 2.10 bits per heavy atom. The SMILES string of the molecule is C=C(CBr)c1ccncc1. The van der Waals surface area contributed by atoms with E-state index in [2.05, 4.69) is 27.5 Å². The van der Waals surface area contributed by atoms with Crippen molar-refractivity contribution in [3.63, 3.8) is 0 Å². The van der Waals surface area contributed by atoms with Crippen LogP contribution >= 0.6 is 15.9 Å². The van der Waals surface area contributed by atoms with Crippen molar-refractivity contribution in [2.45, 2.75) is 0 Å². The van der Waals surface area contributed by atoms with Gasteiger partial charge in [-0.25, -0.2) is 0 Å². The van der Waals surface area contributed by atoms with Crippen LogP contribution < -0.4 is 0 Å². The van der Waals surface area contributed by atoms with Gasteiger partial charge in [0, 0.05) is 17.7 Å². The molecule has 10 heavy (non-hydrogen) atoms. The maximum absolute atomic E-state index is 3.91. The Balaban J connectivity index is 2.85. The lowest BCUT2D eigenvalue weighted by molar-refractivity contribution is 1.32. The van der Waals surface area contributed by atoms with Crippen LogP contribution in [0.5, 0.6) is 0 Å². The number of halogens is 1. The number of hydrogen-bond acceptors (Lipinski definition) is 1. The van der Waals surface area contributed by atoms with Gasteiger partial charge in [0.05, 0.1) is 0 Å². The van der Waals surface area contributed by atoms with E-state index in [0.717, 1.165) is 16.5 Å². The second-order valence-electron chi connectivity index (χ2n) is 1.97. The first kappa shape index (κ1) is 7.48. The number of hydrogen-bond donors (Lipinski definition) is 0. The maximum atomic E-state index is 3.91. The molecule has 52 valence electrons. The Hall–Kier alpha value is -0.630. The molecule has 0 aromatic carbocycles. The Morgan fingerprint density at radius 1 is 1.50 bits per heavy atom. The maximum Gasteiger partial charge on any atom is 0.0283 e. The molecule has 1 heterocycles. The smallest absolute Gasteiger partial charge is 0.0283 e.